The first-order valence-corrected chi connectivity index (χ1v) is 11.7. The van der Waals surface area contributed by atoms with Crippen LogP contribution in [0.5, 0.6) is 0 Å². The van der Waals surface area contributed by atoms with E-state index in [1.54, 1.807) is 11.3 Å². The highest BCUT2D eigenvalue weighted by Gasteiger charge is 2.25. The van der Waals surface area contributed by atoms with Crippen LogP contribution in [0.15, 0.2) is 0 Å². The van der Waals surface area contributed by atoms with E-state index >= 15 is 0 Å². The van der Waals surface area contributed by atoms with Crippen LogP contribution < -0.4 is 5.32 Å². The van der Waals surface area contributed by atoms with Crippen molar-refractivity contribution in [3.8, 4) is 0 Å². The number of nitrogens with zero attached hydrogens (tertiary/aromatic N) is 4. The van der Waals surface area contributed by atoms with Crippen molar-refractivity contribution >= 4 is 39.5 Å². The van der Waals surface area contributed by atoms with E-state index in [0.29, 0.717) is 42.0 Å². The van der Waals surface area contributed by atoms with Crippen LogP contribution >= 0.6 is 22.7 Å². The molecule has 2 aliphatic carbocycles. The van der Waals surface area contributed by atoms with Gasteiger partial charge in [-0.25, -0.2) is 0 Å². The molecule has 1 N–H and O–H groups in total. The number of anilines is 1. The zero-order valence-corrected chi connectivity index (χ0v) is 17.5. The van der Waals surface area contributed by atoms with Crippen molar-refractivity contribution in [3.05, 3.63) is 15.0 Å². The van der Waals surface area contributed by atoms with E-state index in [-0.39, 0.29) is 5.91 Å². The molecule has 1 amide bonds. The summed E-state index contributed by atoms with van der Waals surface area (Å²) in [4.78, 5) is 23.7. The molecule has 0 spiro atoms. The first-order chi connectivity index (χ1) is 13.6. The smallest absolute Gasteiger partial charge is 0.226 e. The standard InChI is InChI=1S/C19H25N5O2S2/c25-14(9-12-5-6-12)11-18-23-21-16(27-18)3-1-2-4-17-22-24-19(28-17)20-15(26)10-13-7-8-13/h12-13H,1-11H2,(H,20,24,26). The third kappa shape index (κ3) is 6.41. The summed E-state index contributed by atoms with van der Waals surface area (Å²) in [6.45, 7) is 0. The van der Waals surface area contributed by atoms with E-state index in [2.05, 4.69) is 25.7 Å². The average Bonchev–Trinajstić information content (AvgIpc) is 3.55. The summed E-state index contributed by atoms with van der Waals surface area (Å²) in [7, 11) is 0. The van der Waals surface area contributed by atoms with E-state index in [0.717, 1.165) is 40.7 Å². The highest BCUT2D eigenvalue weighted by Crippen LogP contribution is 2.33. The molecular weight excluding hydrogens is 394 g/mol. The number of rotatable bonds is 12. The minimum absolute atomic E-state index is 0.0490. The maximum absolute atomic E-state index is 11.9. The quantitative estimate of drug-likeness (QED) is 0.528. The Balaban J connectivity index is 1.13. The lowest BCUT2D eigenvalue weighted by atomic mass is 10.1. The number of carbonyl (C=O) groups is 2. The van der Waals surface area contributed by atoms with E-state index in [4.69, 9.17) is 0 Å². The Hall–Kier alpha value is -1.74. The number of amides is 1. The van der Waals surface area contributed by atoms with Crippen LogP contribution in [-0.2, 0) is 28.9 Å². The molecule has 0 radical (unpaired) electrons. The molecular formula is C19H25N5O2S2. The molecule has 7 nitrogen and oxygen atoms in total. The lowest BCUT2D eigenvalue weighted by Crippen LogP contribution is -2.11. The molecule has 0 aromatic carbocycles. The maximum Gasteiger partial charge on any atom is 0.226 e. The van der Waals surface area contributed by atoms with Crippen molar-refractivity contribution < 1.29 is 9.59 Å². The predicted molar refractivity (Wildman–Crippen MR) is 108 cm³/mol. The molecule has 2 fully saturated rings. The number of Topliss-reactive ketones (excluding diaryl/α,β-unsaturated/α-hetero) is 1. The highest BCUT2D eigenvalue weighted by atomic mass is 32.1. The largest absolute Gasteiger partial charge is 0.301 e. The van der Waals surface area contributed by atoms with Gasteiger partial charge in [-0.2, -0.15) is 0 Å². The van der Waals surface area contributed by atoms with Crippen LogP contribution in [0.3, 0.4) is 0 Å². The van der Waals surface area contributed by atoms with Crippen molar-refractivity contribution in [2.24, 2.45) is 11.8 Å². The van der Waals surface area contributed by atoms with Crippen LogP contribution in [0.4, 0.5) is 5.13 Å². The number of aryl methyl sites for hydroxylation is 2. The van der Waals surface area contributed by atoms with Crippen LogP contribution in [0.25, 0.3) is 0 Å². The SMILES string of the molecule is O=C(Cc1nnc(CCCCc2nnc(NC(=O)CC3CC3)s2)s1)CC1CC1. The molecule has 2 aromatic rings. The second kappa shape index (κ2) is 9.17. The van der Waals surface area contributed by atoms with Gasteiger partial charge in [0.05, 0.1) is 6.42 Å². The molecule has 0 unspecified atom stereocenters. The molecule has 0 bridgehead atoms. The molecule has 0 aliphatic heterocycles. The lowest BCUT2D eigenvalue weighted by Gasteiger charge is -1.98. The van der Waals surface area contributed by atoms with Gasteiger partial charge in [0.25, 0.3) is 0 Å². The molecule has 4 rings (SSSR count). The van der Waals surface area contributed by atoms with Gasteiger partial charge in [0, 0.05) is 25.7 Å². The topological polar surface area (TPSA) is 97.7 Å². The van der Waals surface area contributed by atoms with Gasteiger partial charge in [0.15, 0.2) is 0 Å². The van der Waals surface area contributed by atoms with Gasteiger partial charge in [-0.3, -0.25) is 9.59 Å². The summed E-state index contributed by atoms with van der Waals surface area (Å²) in [5, 5.41) is 22.8. The van der Waals surface area contributed by atoms with Crippen LogP contribution in [0, 0.1) is 11.8 Å². The molecule has 28 heavy (non-hydrogen) atoms. The number of carbonyl (C=O) groups excluding carboxylic acids is 2. The minimum Gasteiger partial charge on any atom is -0.301 e. The van der Waals surface area contributed by atoms with Crippen molar-refractivity contribution in [2.45, 2.75) is 70.6 Å². The minimum atomic E-state index is 0.0490. The molecule has 2 heterocycles. The molecule has 0 atom stereocenters. The number of aromatic nitrogens is 4. The van der Waals surface area contributed by atoms with Crippen molar-refractivity contribution in [2.75, 3.05) is 5.32 Å². The molecule has 2 aliphatic rings. The Kier molecular flexibility index (Phi) is 6.41. The third-order valence-electron chi connectivity index (χ3n) is 4.99. The Bertz CT molecular complexity index is 758. The van der Waals surface area contributed by atoms with Gasteiger partial charge >= 0.3 is 0 Å². The van der Waals surface area contributed by atoms with Crippen molar-refractivity contribution in [1.82, 2.24) is 20.4 Å². The summed E-state index contributed by atoms with van der Waals surface area (Å²) in [5.41, 5.74) is 0. The van der Waals surface area contributed by atoms with Crippen molar-refractivity contribution in [3.63, 3.8) is 0 Å². The maximum atomic E-state index is 11.9. The summed E-state index contributed by atoms with van der Waals surface area (Å²) in [6, 6.07) is 0. The Morgan fingerprint density at radius 1 is 0.821 bits per heavy atom. The average molecular weight is 420 g/mol. The second-order valence-electron chi connectivity index (χ2n) is 7.86. The molecule has 9 heteroatoms. The number of unbranched alkanes of at least 4 members (excludes halogenated alkanes) is 1. The van der Waals surface area contributed by atoms with Gasteiger partial charge < -0.3 is 5.32 Å². The first-order valence-electron chi connectivity index (χ1n) is 10.1. The summed E-state index contributed by atoms with van der Waals surface area (Å²) >= 11 is 3.02. The van der Waals surface area contributed by atoms with Crippen LogP contribution in [-0.4, -0.2) is 32.1 Å². The zero-order valence-electron chi connectivity index (χ0n) is 15.9. The number of ketones is 1. The molecule has 2 aromatic heterocycles. The summed E-state index contributed by atoms with van der Waals surface area (Å²) in [6.07, 6.45) is 10.2. The molecule has 150 valence electrons. The van der Waals surface area contributed by atoms with E-state index in [1.807, 2.05) is 0 Å². The summed E-state index contributed by atoms with van der Waals surface area (Å²) < 4.78 is 0. The highest BCUT2D eigenvalue weighted by molar-refractivity contribution is 7.15. The molecule has 2 saturated carbocycles. The van der Waals surface area contributed by atoms with Crippen molar-refractivity contribution in [1.29, 1.82) is 0 Å². The molecule has 0 saturated heterocycles. The van der Waals surface area contributed by atoms with Crippen LogP contribution in [0.2, 0.25) is 0 Å². The Morgan fingerprint density at radius 3 is 2.14 bits per heavy atom. The zero-order chi connectivity index (χ0) is 19.3. The Labute approximate surface area is 172 Å². The van der Waals surface area contributed by atoms with Gasteiger partial charge in [-0.15, -0.1) is 31.7 Å². The fourth-order valence-corrected chi connectivity index (χ4v) is 4.77. The predicted octanol–water partition coefficient (Wildman–Crippen LogP) is 3.61. The second-order valence-corrected chi connectivity index (χ2v) is 10.1. The van der Waals surface area contributed by atoms with Gasteiger partial charge in [0.2, 0.25) is 11.0 Å². The first kappa shape index (κ1) is 19.6. The number of nitrogens with one attached hydrogen (secondary N) is 1. The fraction of sp³-hybridized carbons (Fsp3) is 0.684. The normalized spacial score (nSPS) is 16.3. The Morgan fingerprint density at radius 2 is 1.43 bits per heavy atom. The van der Waals surface area contributed by atoms with E-state index < -0.39 is 0 Å². The lowest BCUT2D eigenvalue weighted by molar-refractivity contribution is -0.119. The van der Waals surface area contributed by atoms with Gasteiger partial charge in [-0.1, -0.05) is 11.3 Å². The number of hydrogen-bond acceptors (Lipinski definition) is 8. The van der Waals surface area contributed by atoms with E-state index in [1.165, 1.54) is 37.0 Å². The number of hydrogen-bond donors (Lipinski definition) is 1. The van der Waals surface area contributed by atoms with Gasteiger partial charge in [-0.05, 0) is 50.4 Å². The van der Waals surface area contributed by atoms with Gasteiger partial charge in [0.1, 0.15) is 20.8 Å². The monoisotopic (exact) mass is 419 g/mol. The summed E-state index contributed by atoms with van der Waals surface area (Å²) in [5.74, 6) is 1.55. The fourth-order valence-electron chi connectivity index (χ4n) is 3.06. The van der Waals surface area contributed by atoms with Crippen LogP contribution in [0.1, 0.15) is 66.4 Å². The van der Waals surface area contributed by atoms with E-state index in [9.17, 15) is 9.59 Å². The third-order valence-corrected chi connectivity index (χ3v) is 6.87.